The van der Waals surface area contributed by atoms with E-state index in [1.54, 1.807) is 47.1 Å². The third-order valence-corrected chi connectivity index (χ3v) is 9.62. The fraction of sp³-hybridized carbons (Fsp3) is 0.342. The number of carbonyl (C=O) groups is 1. The average Bonchev–Trinajstić information content (AvgIpc) is 3.47. The molecule has 0 aromatic heterocycles. The summed E-state index contributed by atoms with van der Waals surface area (Å²) in [6.45, 7) is 7.29. The van der Waals surface area contributed by atoms with Gasteiger partial charge in [-0.1, -0.05) is 72.3 Å². The third-order valence-electron chi connectivity index (χ3n) is 8.24. The van der Waals surface area contributed by atoms with Crippen LogP contribution in [-0.4, -0.2) is 64.5 Å². The molecule has 1 aliphatic rings. The van der Waals surface area contributed by atoms with Crippen molar-refractivity contribution in [1.82, 2.24) is 4.90 Å². The van der Waals surface area contributed by atoms with Gasteiger partial charge in [0.25, 0.3) is 10.1 Å². The molecule has 1 fully saturated rings. The smallest absolute Gasteiger partial charge is 0.410 e. The number of nitrogens with zero attached hydrogens (tertiary/aromatic N) is 1. The summed E-state index contributed by atoms with van der Waals surface area (Å²) >= 11 is 0. The van der Waals surface area contributed by atoms with Crippen LogP contribution in [0.25, 0.3) is 0 Å². The zero-order valence-electron chi connectivity index (χ0n) is 28.2. The number of benzene rings is 4. The number of hydrogen-bond donors (Lipinski definition) is 0. The van der Waals surface area contributed by atoms with E-state index in [1.807, 2.05) is 85.8 Å². The summed E-state index contributed by atoms with van der Waals surface area (Å²) in [6.07, 6.45) is -1.18. The van der Waals surface area contributed by atoms with E-state index in [0.29, 0.717) is 11.5 Å². The lowest BCUT2D eigenvalue weighted by atomic mass is 9.80. The summed E-state index contributed by atoms with van der Waals surface area (Å²) in [4.78, 5) is 15.1. The van der Waals surface area contributed by atoms with E-state index in [1.165, 1.54) is 17.0 Å². The molecule has 254 valence electrons. The lowest BCUT2D eigenvalue weighted by molar-refractivity contribution is -0.0251. The Bertz CT molecular complexity index is 1720. The Kier molecular flexibility index (Phi) is 10.5. The Hall–Kier alpha value is -4.38. The summed E-state index contributed by atoms with van der Waals surface area (Å²) in [5.41, 5.74) is 1.55. The fourth-order valence-corrected chi connectivity index (χ4v) is 6.96. The quantitative estimate of drug-likeness (QED) is 0.123. The Labute approximate surface area is 283 Å². The molecule has 1 heterocycles. The van der Waals surface area contributed by atoms with E-state index < -0.39 is 39.6 Å². The van der Waals surface area contributed by atoms with Crippen LogP contribution in [0, 0.1) is 6.92 Å². The molecule has 0 aliphatic carbocycles. The molecule has 4 aromatic carbocycles. The summed E-state index contributed by atoms with van der Waals surface area (Å²) in [7, 11) is -0.870. The summed E-state index contributed by atoms with van der Waals surface area (Å²) < 4.78 is 56.0. The minimum absolute atomic E-state index is 0.0113. The predicted octanol–water partition coefficient (Wildman–Crippen LogP) is 7.10. The molecule has 2 atom stereocenters. The first kappa shape index (κ1) is 34.9. The second-order valence-corrected chi connectivity index (χ2v) is 14.4. The van der Waals surface area contributed by atoms with Gasteiger partial charge in [-0.05, 0) is 87.2 Å². The van der Waals surface area contributed by atoms with Gasteiger partial charge in [-0.15, -0.1) is 0 Å². The fourth-order valence-electron chi connectivity index (χ4n) is 5.88. The van der Waals surface area contributed by atoms with Gasteiger partial charge in [-0.2, -0.15) is 8.42 Å². The molecular weight excluding hydrogens is 630 g/mol. The minimum Gasteiger partial charge on any atom is -0.497 e. The van der Waals surface area contributed by atoms with Crippen molar-refractivity contribution in [3.8, 4) is 11.5 Å². The van der Waals surface area contributed by atoms with Crippen LogP contribution in [0.15, 0.2) is 108 Å². The van der Waals surface area contributed by atoms with Crippen LogP contribution < -0.4 is 9.47 Å². The van der Waals surface area contributed by atoms with Gasteiger partial charge < -0.3 is 23.8 Å². The van der Waals surface area contributed by atoms with E-state index in [2.05, 4.69) is 0 Å². The molecule has 0 spiro atoms. The van der Waals surface area contributed by atoms with Crippen LogP contribution in [0.3, 0.4) is 0 Å². The van der Waals surface area contributed by atoms with Crippen molar-refractivity contribution in [3.05, 3.63) is 125 Å². The van der Waals surface area contributed by atoms with E-state index in [-0.39, 0.29) is 24.5 Å². The van der Waals surface area contributed by atoms with Gasteiger partial charge in [0.05, 0.1) is 44.4 Å². The number of rotatable bonds is 11. The Morgan fingerprint density at radius 3 is 1.79 bits per heavy atom. The van der Waals surface area contributed by atoms with Crippen molar-refractivity contribution >= 4 is 16.2 Å². The van der Waals surface area contributed by atoms with Crippen LogP contribution in [0.2, 0.25) is 0 Å². The summed E-state index contributed by atoms with van der Waals surface area (Å²) in [5.74, 6) is 1.38. The van der Waals surface area contributed by atoms with Crippen molar-refractivity contribution in [3.63, 3.8) is 0 Å². The second kappa shape index (κ2) is 14.4. The van der Waals surface area contributed by atoms with Crippen molar-refractivity contribution in [2.45, 2.75) is 62.4 Å². The highest BCUT2D eigenvalue weighted by Crippen LogP contribution is 2.42. The van der Waals surface area contributed by atoms with Gasteiger partial charge in [0.15, 0.2) is 0 Å². The lowest BCUT2D eigenvalue weighted by Crippen LogP contribution is -2.44. The van der Waals surface area contributed by atoms with Crippen molar-refractivity contribution in [2.75, 3.05) is 27.4 Å². The molecule has 0 saturated carbocycles. The minimum atomic E-state index is -4.10. The Balaban J connectivity index is 1.54. The van der Waals surface area contributed by atoms with E-state index in [0.717, 1.165) is 22.3 Å². The molecule has 10 heteroatoms. The van der Waals surface area contributed by atoms with Crippen LogP contribution in [0.1, 0.15) is 49.4 Å². The largest absolute Gasteiger partial charge is 0.497 e. The highest BCUT2D eigenvalue weighted by Gasteiger charge is 2.44. The maximum Gasteiger partial charge on any atom is 0.410 e. The number of carbonyl (C=O) groups excluding carboxylic acids is 1. The average molecular weight is 674 g/mol. The molecule has 1 aliphatic heterocycles. The molecule has 0 N–H and O–H groups in total. The number of aryl methyl sites for hydroxylation is 1. The summed E-state index contributed by atoms with van der Waals surface area (Å²) in [6, 6.07) is 31.1. The third kappa shape index (κ3) is 7.84. The second-order valence-electron chi connectivity index (χ2n) is 12.8. The molecule has 1 saturated heterocycles. The lowest BCUT2D eigenvalue weighted by Gasteiger charge is -2.38. The highest BCUT2D eigenvalue weighted by molar-refractivity contribution is 7.86. The summed E-state index contributed by atoms with van der Waals surface area (Å²) in [5, 5.41) is 0. The first-order valence-electron chi connectivity index (χ1n) is 15.8. The van der Waals surface area contributed by atoms with Crippen molar-refractivity contribution in [2.24, 2.45) is 0 Å². The van der Waals surface area contributed by atoms with Gasteiger partial charge in [0, 0.05) is 0 Å². The van der Waals surface area contributed by atoms with E-state index in [9.17, 15) is 13.2 Å². The first-order chi connectivity index (χ1) is 22.8. The monoisotopic (exact) mass is 673 g/mol. The predicted molar refractivity (Wildman–Crippen MR) is 183 cm³/mol. The van der Waals surface area contributed by atoms with Gasteiger partial charge in [0.1, 0.15) is 22.7 Å². The van der Waals surface area contributed by atoms with Gasteiger partial charge in [-0.25, -0.2) is 4.79 Å². The van der Waals surface area contributed by atoms with Crippen LogP contribution in [-0.2, 0) is 29.4 Å². The zero-order chi connectivity index (χ0) is 34.5. The number of ether oxygens (including phenoxy) is 4. The zero-order valence-corrected chi connectivity index (χ0v) is 29.0. The molecule has 5 rings (SSSR count). The molecular formula is C38H43NO8S. The van der Waals surface area contributed by atoms with Crippen molar-refractivity contribution in [1.29, 1.82) is 0 Å². The van der Waals surface area contributed by atoms with Crippen molar-refractivity contribution < 1.29 is 36.3 Å². The topological polar surface area (TPSA) is 101 Å². The highest BCUT2D eigenvalue weighted by atomic mass is 32.2. The standard InChI is InChI=1S/C38H43NO8S/c1-27-12-22-35(23-13-27)48(41,42)47-34-24-31(39(25-34)36(40)46-37(2,3)4)26-45-38(28-10-8-7-9-11-28,29-14-18-32(43-5)19-15-29)30-16-20-33(44-6)21-17-30/h7-23,31,34H,24-26H2,1-6H3/t31-,34-/m1/s1. The van der Waals surface area contributed by atoms with Crippen LogP contribution >= 0.6 is 0 Å². The molecule has 0 unspecified atom stereocenters. The van der Waals surface area contributed by atoms with Gasteiger partial charge in [0.2, 0.25) is 0 Å². The molecule has 1 amide bonds. The van der Waals surface area contributed by atoms with Gasteiger partial charge >= 0.3 is 6.09 Å². The van der Waals surface area contributed by atoms with Crippen LogP contribution in [0.4, 0.5) is 4.79 Å². The van der Waals surface area contributed by atoms with E-state index >= 15 is 0 Å². The number of amides is 1. The normalized spacial score (nSPS) is 16.8. The SMILES string of the molecule is COc1ccc(C(OC[C@H]2C[C@@H](OS(=O)(=O)c3ccc(C)cc3)CN2C(=O)OC(C)(C)C)(c2ccccc2)c2ccc(OC)cc2)cc1. The maximum atomic E-state index is 13.6. The number of hydrogen-bond acceptors (Lipinski definition) is 8. The Morgan fingerprint density at radius 1 is 0.771 bits per heavy atom. The maximum absolute atomic E-state index is 13.6. The molecule has 4 aromatic rings. The Morgan fingerprint density at radius 2 is 1.29 bits per heavy atom. The number of likely N-dealkylation sites (tertiary alicyclic amines) is 1. The van der Waals surface area contributed by atoms with Gasteiger partial charge in [-0.3, -0.25) is 4.18 Å². The molecule has 0 radical (unpaired) electrons. The number of methoxy groups -OCH3 is 2. The molecule has 9 nitrogen and oxygen atoms in total. The van der Waals surface area contributed by atoms with Crippen LogP contribution in [0.5, 0.6) is 11.5 Å². The van der Waals surface area contributed by atoms with E-state index in [4.69, 9.17) is 23.1 Å². The molecule has 48 heavy (non-hydrogen) atoms. The molecule has 0 bridgehead atoms. The first-order valence-corrected chi connectivity index (χ1v) is 17.2.